The molecule has 0 radical (unpaired) electrons. The molecule has 0 aliphatic rings. The summed E-state index contributed by atoms with van der Waals surface area (Å²) in [6.07, 6.45) is 1.36. The van der Waals surface area contributed by atoms with Gasteiger partial charge in [-0.25, -0.2) is 0 Å². The number of aryl methyl sites for hydroxylation is 1. The Morgan fingerprint density at radius 2 is 1.75 bits per heavy atom. The number of hydrogen-bond donors (Lipinski definition) is 1. The predicted octanol–water partition coefficient (Wildman–Crippen LogP) is 5.53. The van der Waals surface area contributed by atoms with E-state index in [9.17, 15) is 9.59 Å². The van der Waals surface area contributed by atoms with Gasteiger partial charge in [-0.15, -0.1) is 0 Å². The summed E-state index contributed by atoms with van der Waals surface area (Å²) in [6, 6.07) is 14.7. The average Bonchev–Trinajstić information content (AvgIpc) is 2.72. The molecule has 0 bridgehead atoms. The number of halogens is 1. The number of carbonyl (C=O) groups excluding carboxylic acids is 2. The SMILES string of the molecule is CC[C@H](C(=O)NC(C)(C)C)N(Cc1ccccc1Cl)C(=O)CCCOc1ccc(C)cc1. The third-order valence-electron chi connectivity index (χ3n) is 5.01. The molecule has 2 aromatic rings. The largest absolute Gasteiger partial charge is 0.494 e. The van der Waals surface area contributed by atoms with E-state index >= 15 is 0 Å². The molecule has 0 heterocycles. The van der Waals surface area contributed by atoms with Gasteiger partial charge in [0.2, 0.25) is 11.8 Å². The maximum absolute atomic E-state index is 13.2. The standard InChI is InChI=1S/C26H35ClN2O3/c1-6-23(25(31)28-26(3,4)5)29(18-20-10-7-8-11-22(20)27)24(30)12-9-17-32-21-15-13-19(2)14-16-21/h7-8,10-11,13-16,23H,6,9,12,17-18H2,1-5H3,(H,28,31)/t23-/m1/s1. The van der Waals surface area contributed by atoms with Crippen LogP contribution in [0.15, 0.2) is 48.5 Å². The number of carbonyl (C=O) groups is 2. The van der Waals surface area contributed by atoms with Crippen LogP contribution >= 0.6 is 11.6 Å². The first-order valence-electron chi connectivity index (χ1n) is 11.1. The summed E-state index contributed by atoms with van der Waals surface area (Å²) in [5, 5.41) is 3.59. The van der Waals surface area contributed by atoms with E-state index in [1.54, 1.807) is 11.0 Å². The minimum Gasteiger partial charge on any atom is -0.494 e. The van der Waals surface area contributed by atoms with Gasteiger partial charge < -0.3 is 15.0 Å². The number of hydrogen-bond acceptors (Lipinski definition) is 3. The Hall–Kier alpha value is -2.53. The molecule has 174 valence electrons. The molecular weight excluding hydrogens is 424 g/mol. The van der Waals surface area contributed by atoms with Gasteiger partial charge in [0.05, 0.1) is 6.61 Å². The van der Waals surface area contributed by atoms with Gasteiger partial charge in [0, 0.05) is 23.5 Å². The highest BCUT2D eigenvalue weighted by atomic mass is 35.5. The highest BCUT2D eigenvalue weighted by Gasteiger charge is 2.30. The van der Waals surface area contributed by atoms with Gasteiger partial charge >= 0.3 is 0 Å². The van der Waals surface area contributed by atoms with Crippen LogP contribution < -0.4 is 10.1 Å². The number of nitrogens with one attached hydrogen (secondary N) is 1. The summed E-state index contributed by atoms with van der Waals surface area (Å²) in [5.74, 6) is 0.539. The average molecular weight is 459 g/mol. The maximum atomic E-state index is 13.2. The lowest BCUT2D eigenvalue weighted by Gasteiger charge is -2.33. The van der Waals surface area contributed by atoms with Crippen molar-refractivity contribution >= 4 is 23.4 Å². The Morgan fingerprint density at radius 1 is 1.09 bits per heavy atom. The Kier molecular flexibility index (Phi) is 9.58. The summed E-state index contributed by atoms with van der Waals surface area (Å²) >= 11 is 6.35. The van der Waals surface area contributed by atoms with Crippen molar-refractivity contribution in [2.24, 2.45) is 0 Å². The van der Waals surface area contributed by atoms with E-state index < -0.39 is 6.04 Å². The van der Waals surface area contributed by atoms with E-state index in [1.807, 2.05) is 77.1 Å². The molecule has 1 atom stereocenters. The van der Waals surface area contributed by atoms with Gasteiger partial charge in [-0.2, -0.15) is 0 Å². The third-order valence-corrected chi connectivity index (χ3v) is 5.38. The minimum absolute atomic E-state index is 0.0895. The fourth-order valence-electron chi connectivity index (χ4n) is 3.37. The first-order valence-corrected chi connectivity index (χ1v) is 11.5. The molecule has 0 saturated heterocycles. The van der Waals surface area contributed by atoms with Crippen LogP contribution in [0.5, 0.6) is 5.75 Å². The Bertz CT molecular complexity index is 891. The molecule has 0 aliphatic heterocycles. The lowest BCUT2D eigenvalue weighted by atomic mass is 10.0. The van der Waals surface area contributed by atoms with E-state index in [1.165, 1.54) is 5.56 Å². The summed E-state index contributed by atoms with van der Waals surface area (Å²) in [5.41, 5.74) is 1.60. The number of amides is 2. The van der Waals surface area contributed by atoms with Crippen molar-refractivity contribution in [1.29, 1.82) is 0 Å². The van der Waals surface area contributed by atoms with Gasteiger partial charge in [0.15, 0.2) is 0 Å². The number of ether oxygens (including phenoxy) is 1. The van der Waals surface area contributed by atoms with Crippen molar-refractivity contribution in [2.75, 3.05) is 6.61 Å². The van der Waals surface area contributed by atoms with Crippen molar-refractivity contribution in [3.63, 3.8) is 0 Å². The van der Waals surface area contributed by atoms with Crippen LogP contribution in [0.25, 0.3) is 0 Å². The fourth-order valence-corrected chi connectivity index (χ4v) is 3.57. The summed E-state index contributed by atoms with van der Waals surface area (Å²) in [7, 11) is 0. The molecule has 6 heteroatoms. The highest BCUT2D eigenvalue weighted by molar-refractivity contribution is 6.31. The molecule has 2 aromatic carbocycles. The first kappa shape index (κ1) is 25.7. The summed E-state index contributed by atoms with van der Waals surface area (Å²) < 4.78 is 5.76. The quantitative estimate of drug-likeness (QED) is 0.476. The Balaban J connectivity index is 2.09. The van der Waals surface area contributed by atoms with E-state index in [2.05, 4.69) is 5.32 Å². The van der Waals surface area contributed by atoms with Crippen molar-refractivity contribution in [3.8, 4) is 5.75 Å². The van der Waals surface area contributed by atoms with Crippen LogP contribution in [0.2, 0.25) is 5.02 Å². The number of benzene rings is 2. The fraction of sp³-hybridized carbons (Fsp3) is 0.462. The van der Waals surface area contributed by atoms with Crippen molar-refractivity contribution in [3.05, 3.63) is 64.7 Å². The second kappa shape index (κ2) is 11.9. The summed E-state index contributed by atoms with van der Waals surface area (Å²) in [4.78, 5) is 27.9. The smallest absolute Gasteiger partial charge is 0.243 e. The molecule has 0 fully saturated rings. The Labute approximate surface area is 197 Å². The van der Waals surface area contributed by atoms with Crippen LogP contribution in [0.4, 0.5) is 0 Å². The van der Waals surface area contributed by atoms with Crippen LogP contribution in [-0.4, -0.2) is 34.9 Å². The minimum atomic E-state index is -0.573. The highest BCUT2D eigenvalue weighted by Crippen LogP contribution is 2.21. The van der Waals surface area contributed by atoms with E-state index in [0.29, 0.717) is 24.5 Å². The van der Waals surface area contributed by atoms with Gasteiger partial charge in [-0.05, 0) is 64.3 Å². The molecule has 5 nitrogen and oxygen atoms in total. The third kappa shape index (κ3) is 8.19. The van der Waals surface area contributed by atoms with Gasteiger partial charge in [-0.3, -0.25) is 9.59 Å². The molecule has 2 rings (SSSR count). The summed E-state index contributed by atoms with van der Waals surface area (Å²) in [6.45, 7) is 10.4. The van der Waals surface area contributed by atoms with E-state index in [4.69, 9.17) is 16.3 Å². The second-order valence-corrected chi connectivity index (χ2v) is 9.45. The molecule has 0 unspecified atom stereocenters. The van der Waals surface area contributed by atoms with Crippen LogP contribution in [0.1, 0.15) is 58.1 Å². The van der Waals surface area contributed by atoms with Crippen molar-refractivity contribution in [2.45, 2.75) is 72.0 Å². The van der Waals surface area contributed by atoms with Crippen molar-refractivity contribution < 1.29 is 14.3 Å². The monoisotopic (exact) mass is 458 g/mol. The van der Waals surface area contributed by atoms with E-state index in [-0.39, 0.29) is 30.3 Å². The molecule has 2 amide bonds. The zero-order valence-corrected chi connectivity index (χ0v) is 20.5. The molecule has 0 spiro atoms. The van der Waals surface area contributed by atoms with Crippen LogP contribution in [-0.2, 0) is 16.1 Å². The molecule has 32 heavy (non-hydrogen) atoms. The zero-order valence-electron chi connectivity index (χ0n) is 19.8. The van der Waals surface area contributed by atoms with Crippen molar-refractivity contribution in [1.82, 2.24) is 10.2 Å². The lowest BCUT2D eigenvalue weighted by molar-refractivity contribution is -0.142. The predicted molar refractivity (Wildman–Crippen MR) is 130 cm³/mol. The van der Waals surface area contributed by atoms with Crippen LogP contribution in [0.3, 0.4) is 0 Å². The molecular formula is C26H35ClN2O3. The number of nitrogens with zero attached hydrogens (tertiary/aromatic N) is 1. The molecule has 0 aromatic heterocycles. The van der Waals surface area contributed by atoms with Crippen LogP contribution in [0, 0.1) is 6.92 Å². The van der Waals surface area contributed by atoms with Gasteiger partial charge in [0.25, 0.3) is 0 Å². The number of rotatable bonds is 10. The zero-order chi connectivity index (χ0) is 23.7. The molecule has 0 saturated carbocycles. The topological polar surface area (TPSA) is 58.6 Å². The lowest BCUT2D eigenvalue weighted by Crippen LogP contribution is -2.53. The van der Waals surface area contributed by atoms with Gasteiger partial charge in [-0.1, -0.05) is 54.4 Å². The normalized spacial score (nSPS) is 12.2. The molecule has 1 N–H and O–H groups in total. The second-order valence-electron chi connectivity index (χ2n) is 9.04. The maximum Gasteiger partial charge on any atom is 0.243 e. The van der Waals surface area contributed by atoms with Gasteiger partial charge in [0.1, 0.15) is 11.8 Å². The molecule has 0 aliphatic carbocycles. The van der Waals surface area contributed by atoms with E-state index in [0.717, 1.165) is 11.3 Å². The first-order chi connectivity index (χ1) is 15.1. The Morgan fingerprint density at radius 3 is 2.34 bits per heavy atom.